The smallest absolute Gasteiger partial charge is 0.417 e. The van der Waals surface area contributed by atoms with Crippen LogP contribution in [0.5, 0.6) is 0 Å². The van der Waals surface area contributed by atoms with E-state index in [0.717, 1.165) is 30.6 Å². The van der Waals surface area contributed by atoms with Crippen molar-refractivity contribution in [3.63, 3.8) is 0 Å². The van der Waals surface area contributed by atoms with Gasteiger partial charge in [0.2, 0.25) is 0 Å². The number of hydrogen-bond acceptors (Lipinski definition) is 4. The number of benzene rings is 1. The number of ether oxygens (including phenoxy) is 1. The molecule has 8 heteroatoms. The lowest BCUT2D eigenvalue weighted by atomic mass is 10.1. The normalized spacial score (nSPS) is 11.5. The van der Waals surface area contributed by atoms with Gasteiger partial charge in [-0.25, -0.2) is 14.2 Å². The summed E-state index contributed by atoms with van der Waals surface area (Å²) in [6, 6.07) is 2.13. The number of aryl methyl sites for hydroxylation is 1. The van der Waals surface area contributed by atoms with Crippen LogP contribution in [0.25, 0.3) is 10.6 Å². The lowest BCUT2D eigenvalue weighted by Crippen LogP contribution is -2.07. The molecule has 3 nitrogen and oxygen atoms in total. The van der Waals surface area contributed by atoms with E-state index in [1.807, 2.05) is 0 Å². The standard InChI is InChI=1S/C13H9F4NO2S/c1-6-10(12(19)20-2)21-11(18-6)8-5-7(14)3-4-9(8)13(15,16)17/h3-5H,1-2H3. The van der Waals surface area contributed by atoms with Crippen molar-refractivity contribution in [3.8, 4) is 10.6 Å². The Morgan fingerprint density at radius 2 is 2.00 bits per heavy atom. The van der Waals surface area contributed by atoms with Crippen molar-refractivity contribution in [1.82, 2.24) is 4.98 Å². The molecule has 2 aromatic rings. The van der Waals surface area contributed by atoms with Crippen molar-refractivity contribution in [2.24, 2.45) is 0 Å². The van der Waals surface area contributed by atoms with Crippen molar-refractivity contribution in [2.75, 3.05) is 7.11 Å². The minimum Gasteiger partial charge on any atom is -0.465 e. The van der Waals surface area contributed by atoms with E-state index in [9.17, 15) is 22.4 Å². The molecular weight excluding hydrogens is 310 g/mol. The maximum absolute atomic E-state index is 13.3. The summed E-state index contributed by atoms with van der Waals surface area (Å²) >= 11 is 0.732. The lowest BCUT2D eigenvalue weighted by Gasteiger charge is -2.10. The maximum Gasteiger partial charge on any atom is 0.417 e. The van der Waals surface area contributed by atoms with Gasteiger partial charge in [-0.1, -0.05) is 0 Å². The number of esters is 1. The molecule has 0 atom stereocenters. The van der Waals surface area contributed by atoms with Gasteiger partial charge in [0, 0.05) is 5.56 Å². The molecule has 0 saturated heterocycles. The first kappa shape index (κ1) is 15.4. The summed E-state index contributed by atoms with van der Waals surface area (Å²) in [6.45, 7) is 1.47. The molecule has 0 bridgehead atoms. The molecule has 21 heavy (non-hydrogen) atoms. The number of alkyl halides is 3. The van der Waals surface area contributed by atoms with Crippen LogP contribution in [0, 0.1) is 12.7 Å². The second-order valence-corrected chi connectivity index (χ2v) is 5.11. The fourth-order valence-corrected chi connectivity index (χ4v) is 2.75. The van der Waals surface area contributed by atoms with E-state index in [2.05, 4.69) is 9.72 Å². The summed E-state index contributed by atoms with van der Waals surface area (Å²) in [7, 11) is 1.16. The van der Waals surface area contributed by atoms with Crippen LogP contribution < -0.4 is 0 Å². The number of carbonyl (C=O) groups excluding carboxylic acids is 1. The minimum atomic E-state index is -4.64. The Hall–Kier alpha value is -1.96. The van der Waals surface area contributed by atoms with Crippen LogP contribution in [0.15, 0.2) is 18.2 Å². The van der Waals surface area contributed by atoms with Gasteiger partial charge in [0.05, 0.1) is 18.4 Å². The van der Waals surface area contributed by atoms with Gasteiger partial charge in [0.1, 0.15) is 15.7 Å². The van der Waals surface area contributed by atoms with Crippen LogP contribution in [0.3, 0.4) is 0 Å². The SMILES string of the molecule is COC(=O)c1sc(-c2cc(F)ccc2C(F)(F)F)nc1C. The first-order valence-corrected chi connectivity index (χ1v) is 6.48. The number of nitrogens with zero attached hydrogens (tertiary/aromatic N) is 1. The van der Waals surface area contributed by atoms with Gasteiger partial charge in [-0.05, 0) is 25.1 Å². The lowest BCUT2D eigenvalue weighted by molar-refractivity contribution is -0.137. The van der Waals surface area contributed by atoms with E-state index < -0.39 is 29.1 Å². The van der Waals surface area contributed by atoms with Gasteiger partial charge >= 0.3 is 12.1 Å². The third-order valence-corrected chi connectivity index (χ3v) is 3.86. The van der Waals surface area contributed by atoms with Crippen LogP contribution in [0.4, 0.5) is 17.6 Å². The van der Waals surface area contributed by atoms with E-state index >= 15 is 0 Å². The second kappa shape index (κ2) is 5.44. The minimum absolute atomic E-state index is 0.0836. The summed E-state index contributed by atoms with van der Waals surface area (Å²) in [5.41, 5.74) is -1.17. The molecular formula is C13H9F4NO2S. The highest BCUT2D eigenvalue weighted by Gasteiger charge is 2.35. The molecule has 0 unspecified atom stereocenters. The Morgan fingerprint density at radius 1 is 1.33 bits per heavy atom. The van der Waals surface area contributed by atoms with Crippen LogP contribution in [0.1, 0.15) is 20.9 Å². The summed E-state index contributed by atoms with van der Waals surface area (Å²) in [5, 5.41) is -0.0836. The van der Waals surface area contributed by atoms with Gasteiger partial charge in [-0.15, -0.1) is 11.3 Å². The molecule has 0 spiro atoms. The first-order valence-electron chi connectivity index (χ1n) is 5.67. The molecule has 1 aromatic carbocycles. The third kappa shape index (κ3) is 3.05. The zero-order chi connectivity index (χ0) is 15.8. The number of halogens is 4. The first-order chi connectivity index (χ1) is 9.74. The number of methoxy groups -OCH3 is 1. The van der Waals surface area contributed by atoms with E-state index in [4.69, 9.17) is 0 Å². The molecule has 0 aliphatic rings. The molecule has 0 amide bonds. The molecule has 0 aliphatic heterocycles. The van der Waals surface area contributed by atoms with Crippen LogP contribution >= 0.6 is 11.3 Å². The Morgan fingerprint density at radius 3 is 2.57 bits per heavy atom. The zero-order valence-corrected chi connectivity index (χ0v) is 11.7. The Bertz CT molecular complexity index is 694. The van der Waals surface area contributed by atoms with Gasteiger partial charge in [-0.2, -0.15) is 13.2 Å². The number of aromatic nitrogens is 1. The van der Waals surface area contributed by atoms with Crippen LogP contribution in [-0.4, -0.2) is 18.1 Å². The van der Waals surface area contributed by atoms with E-state index in [1.165, 1.54) is 6.92 Å². The van der Waals surface area contributed by atoms with Crippen molar-refractivity contribution in [1.29, 1.82) is 0 Å². The topological polar surface area (TPSA) is 39.2 Å². The maximum atomic E-state index is 13.3. The largest absolute Gasteiger partial charge is 0.465 e. The van der Waals surface area contributed by atoms with Crippen molar-refractivity contribution < 1.29 is 27.1 Å². The average molecular weight is 319 g/mol. The number of thiazole rings is 1. The Kier molecular flexibility index (Phi) is 3.99. The fraction of sp³-hybridized carbons (Fsp3) is 0.231. The molecule has 112 valence electrons. The molecule has 0 saturated carbocycles. The molecule has 0 radical (unpaired) electrons. The van der Waals surface area contributed by atoms with Crippen molar-refractivity contribution in [2.45, 2.75) is 13.1 Å². The number of carbonyl (C=O) groups is 1. The molecule has 1 aromatic heterocycles. The Balaban J connectivity index is 2.62. The van der Waals surface area contributed by atoms with Gasteiger partial charge in [-0.3, -0.25) is 0 Å². The highest BCUT2D eigenvalue weighted by molar-refractivity contribution is 7.17. The second-order valence-electron chi connectivity index (χ2n) is 4.11. The zero-order valence-electron chi connectivity index (χ0n) is 10.9. The predicted octanol–water partition coefficient (Wildman–Crippen LogP) is 4.06. The fourth-order valence-electron chi connectivity index (χ4n) is 1.73. The number of hydrogen-bond donors (Lipinski definition) is 0. The predicted molar refractivity (Wildman–Crippen MR) is 68.6 cm³/mol. The number of rotatable bonds is 2. The van der Waals surface area contributed by atoms with Gasteiger partial charge in [0.25, 0.3) is 0 Å². The van der Waals surface area contributed by atoms with Crippen LogP contribution in [0.2, 0.25) is 0 Å². The monoisotopic (exact) mass is 319 g/mol. The van der Waals surface area contributed by atoms with E-state index in [0.29, 0.717) is 6.07 Å². The molecule has 0 fully saturated rings. The van der Waals surface area contributed by atoms with Crippen molar-refractivity contribution in [3.05, 3.63) is 40.2 Å². The average Bonchev–Trinajstić information content (AvgIpc) is 2.78. The van der Waals surface area contributed by atoms with Crippen LogP contribution in [-0.2, 0) is 10.9 Å². The molecule has 1 heterocycles. The molecule has 0 aliphatic carbocycles. The van der Waals surface area contributed by atoms with Gasteiger partial charge < -0.3 is 4.74 Å². The summed E-state index contributed by atoms with van der Waals surface area (Å²) in [6.07, 6.45) is -4.64. The summed E-state index contributed by atoms with van der Waals surface area (Å²) in [5.74, 6) is -1.51. The molecule has 0 N–H and O–H groups in total. The van der Waals surface area contributed by atoms with Crippen molar-refractivity contribution >= 4 is 17.3 Å². The Labute approximate surface area is 121 Å². The van der Waals surface area contributed by atoms with Gasteiger partial charge in [0.15, 0.2) is 0 Å². The van der Waals surface area contributed by atoms with E-state index in [-0.39, 0.29) is 15.6 Å². The third-order valence-electron chi connectivity index (χ3n) is 2.68. The summed E-state index contributed by atoms with van der Waals surface area (Å²) in [4.78, 5) is 15.5. The highest BCUT2D eigenvalue weighted by Crippen LogP contribution is 2.39. The molecule has 2 rings (SSSR count). The highest BCUT2D eigenvalue weighted by atomic mass is 32.1. The summed E-state index contributed by atoms with van der Waals surface area (Å²) < 4.78 is 56.7. The van der Waals surface area contributed by atoms with E-state index in [1.54, 1.807) is 0 Å². The quantitative estimate of drug-likeness (QED) is 0.619.